The first-order valence-electron chi connectivity index (χ1n) is 4.05. The molecule has 68 valence electrons. The van der Waals surface area contributed by atoms with E-state index in [1.54, 1.807) is 14.2 Å². The maximum Gasteiger partial charge on any atom is 0.322 e. The zero-order chi connectivity index (χ0) is 8.69. The van der Waals surface area contributed by atoms with E-state index in [4.69, 9.17) is 14.6 Å². The normalized spacial score (nSPS) is 13.9. The predicted molar refractivity (Wildman–Crippen MR) is 48.9 cm³/mol. The molecule has 1 atom stereocenters. The summed E-state index contributed by atoms with van der Waals surface area (Å²) in [6, 6.07) is 1.18. The van der Waals surface area contributed by atoms with E-state index in [0.29, 0.717) is 0 Å². The molecule has 0 heterocycles. The molecule has 0 saturated heterocycles. The van der Waals surface area contributed by atoms with Crippen LogP contribution in [0.4, 0.5) is 0 Å². The van der Waals surface area contributed by atoms with Gasteiger partial charge in [0.2, 0.25) is 0 Å². The van der Waals surface area contributed by atoms with E-state index in [1.165, 1.54) is 0 Å². The van der Waals surface area contributed by atoms with Gasteiger partial charge in [-0.15, -0.1) is 0 Å². The fraction of sp³-hybridized carbons (Fsp3) is 1.00. The summed E-state index contributed by atoms with van der Waals surface area (Å²) in [4.78, 5) is 0. The van der Waals surface area contributed by atoms with Crippen LogP contribution in [0.2, 0.25) is 6.04 Å². The van der Waals surface area contributed by atoms with Gasteiger partial charge in [0, 0.05) is 26.3 Å². The molecule has 11 heavy (non-hydrogen) atoms. The lowest BCUT2D eigenvalue weighted by Gasteiger charge is -2.15. The van der Waals surface area contributed by atoms with E-state index in [1.807, 2.05) is 0 Å². The summed E-state index contributed by atoms with van der Waals surface area (Å²) >= 11 is 0. The molecule has 0 aliphatic carbocycles. The third kappa shape index (κ3) is 5.38. The Hall–Kier alpha value is 0.0969. The van der Waals surface area contributed by atoms with Gasteiger partial charge in [-0.3, -0.25) is 0 Å². The molecule has 2 N–H and O–H groups in total. The molecule has 3 nitrogen and oxygen atoms in total. The summed E-state index contributed by atoms with van der Waals surface area (Å²) in [5.74, 6) is 0. The SMILES string of the molecule is CCCC(N)C[SiH](OC)OC. The second-order valence-corrected chi connectivity index (χ2v) is 4.96. The maximum absolute atomic E-state index is 5.81. The first-order valence-corrected chi connectivity index (χ1v) is 5.81. The third-order valence-corrected chi connectivity index (χ3v) is 3.72. The Morgan fingerprint density at radius 3 is 2.27 bits per heavy atom. The van der Waals surface area contributed by atoms with Crippen LogP contribution in [-0.4, -0.2) is 29.5 Å². The predicted octanol–water partition coefficient (Wildman–Crippen LogP) is 0.627. The Bertz CT molecular complexity index is 88.5. The van der Waals surface area contributed by atoms with Crippen LogP contribution in [-0.2, 0) is 8.85 Å². The number of hydrogen-bond acceptors (Lipinski definition) is 3. The molecule has 0 radical (unpaired) electrons. The Morgan fingerprint density at radius 2 is 1.91 bits per heavy atom. The molecule has 0 rings (SSSR count). The summed E-state index contributed by atoms with van der Waals surface area (Å²) in [6.45, 7) is 2.13. The molecule has 1 unspecified atom stereocenters. The molecular formula is C7H19NO2Si. The average molecular weight is 177 g/mol. The second kappa shape index (κ2) is 6.79. The molecule has 4 heteroatoms. The largest absolute Gasteiger partial charge is 0.400 e. The van der Waals surface area contributed by atoms with Gasteiger partial charge in [0.15, 0.2) is 0 Å². The van der Waals surface area contributed by atoms with Crippen molar-refractivity contribution in [1.29, 1.82) is 0 Å². The van der Waals surface area contributed by atoms with Crippen molar-refractivity contribution >= 4 is 9.28 Å². The van der Waals surface area contributed by atoms with E-state index < -0.39 is 9.28 Å². The molecule has 0 aliphatic rings. The summed E-state index contributed by atoms with van der Waals surface area (Å²) < 4.78 is 10.3. The van der Waals surface area contributed by atoms with Crippen molar-refractivity contribution < 1.29 is 8.85 Å². The molecule has 0 aromatic carbocycles. The van der Waals surface area contributed by atoms with Gasteiger partial charge in [-0.25, -0.2) is 0 Å². The highest BCUT2D eigenvalue weighted by atomic mass is 28.3. The van der Waals surface area contributed by atoms with E-state index in [9.17, 15) is 0 Å². The van der Waals surface area contributed by atoms with Crippen molar-refractivity contribution in [3.05, 3.63) is 0 Å². The van der Waals surface area contributed by atoms with Gasteiger partial charge in [0.1, 0.15) is 0 Å². The Kier molecular flexibility index (Phi) is 6.85. The molecule has 0 saturated carbocycles. The summed E-state index contributed by atoms with van der Waals surface area (Å²) in [5, 5.41) is 0. The van der Waals surface area contributed by atoms with Gasteiger partial charge in [-0.2, -0.15) is 0 Å². The minimum atomic E-state index is -1.41. The van der Waals surface area contributed by atoms with E-state index in [2.05, 4.69) is 6.92 Å². The molecule has 0 amide bonds. The van der Waals surface area contributed by atoms with Crippen LogP contribution in [0.3, 0.4) is 0 Å². The standard InChI is InChI=1S/C7H19NO2Si/c1-4-5-7(8)6-11(9-2)10-3/h7,11H,4-6,8H2,1-3H3. The van der Waals surface area contributed by atoms with Crippen molar-refractivity contribution in [2.24, 2.45) is 5.73 Å². The molecule has 0 bridgehead atoms. The van der Waals surface area contributed by atoms with Gasteiger partial charge in [-0.1, -0.05) is 13.3 Å². The number of nitrogens with two attached hydrogens (primary N) is 1. The first-order chi connectivity index (χ1) is 5.24. The van der Waals surface area contributed by atoms with E-state index in [0.717, 1.165) is 18.9 Å². The maximum atomic E-state index is 5.81. The fourth-order valence-corrected chi connectivity index (χ4v) is 2.33. The first kappa shape index (κ1) is 11.1. The van der Waals surface area contributed by atoms with Crippen LogP contribution < -0.4 is 5.73 Å². The van der Waals surface area contributed by atoms with Crippen LogP contribution >= 0.6 is 0 Å². The number of hydrogen-bond donors (Lipinski definition) is 1. The quantitative estimate of drug-likeness (QED) is 0.605. The van der Waals surface area contributed by atoms with Gasteiger partial charge >= 0.3 is 9.28 Å². The van der Waals surface area contributed by atoms with Crippen LogP contribution in [0, 0.1) is 0 Å². The second-order valence-electron chi connectivity index (χ2n) is 2.69. The Morgan fingerprint density at radius 1 is 1.36 bits per heavy atom. The zero-order valence-corrected chi connectivity index (χ0v) is 8.82. The van der Waals surface area contributed by atoms with Crippen LogP contribution in [0.5, 0.6) is 0 Å². The summed E-state index contributed by atoms with van der Waals surface area (Å²) in [5.41, 5.74) is 5.81. The van der Waals surface area contributed by atoms with Gasteiger partial charge in [-0.05, 0) is 6.42 Å². The van der Waals surface area contributed by atoms with Crippen LogP contribution in [0.1, 0.15) is 19.8 Å². The fourth-order valence-electron chi connectivity index (χ4n) is 1.02. The van der Waals surface area contributed by atoms with Crippen LogP contribution in [0.15, 0.2) is 0 Å². The summed E-state index contributed by atoms with van der Waals surface area (Å²) in [6.07, 6.45) is 2.20. The van der Waals surface area contributed by atoms with Gasteiger partial charge in [0.05, 0.1) is 0 Å². The van der Waals surface area contributed by atoms with Crippen molar-refractivity contribution in [2.45, 2.75) is 31.9 Å². The van der Waals surface area contributed by atoms with E-state index >= 15 is 0 Å². The molecule has 0 spiro atoms. The van der Waals surface area contributed by atoms with Crippen molar-refractivity contribution in [3.63, 3.8) is 0 Å². The lowest BCUT2D eigenvalue weighted by Crippen LogP contribution is -2.30. The zero-order valence-electron chi connectivity index (χ0n) is 7.67. The minimum absolute atomic E-state index is 0.261. The highest BCUT2D eigenvalue weighted by Gasteiger charge is 2.13. The molecular weight excluding hydrogens is 158 g/mol. The third-order valence-electron chi connectivity index (χ3n) is 1.68. The Balaban J connectivity index is 3.44. The average Bonchev–Trinajstić information content (AvgIpc) is 2.01. The molecule has 0 aromatic heterocycles. The van der Waals surface area contributed by atoms with Crippen molar-refractivity contribution in [1.82, 2.24) is 0 Å². The van der Waals surface area contributed by atoms with Gasteiger partial charge in [0.25, 0.3) is 0 Å². The topological polar surface area (TPSA) is 44.5 Å². The molecule has 0 aromatic rings. The Labute approximate surface area is 70.7 Å². The smallest absolute Gasteiger partial charge is 0.322 e. The van der Waals surface area contributed by atoms with Crippen LogP contribution in [0.25, 0.3) is 0 Å². The lowest BCUT2D eigenvalue weighted by molar-refractivity contribution is 0.273. The number of rotatable bonds is 6. The van der Waals surface area contributed by atoms with Gasteiger partial charge < -0.3 is 14.6 Å². The minimum Gasteiger partial charge on any atom is -0.400 e. The van der Waals surface area contributed by atoms with Crippen molar-refractivity contribution in [2.75, 3.05) is 14.2 Å². The monoisotopic (exact) mass is 177 g/mol. The highest BCUT2D eigenvalue weighted by molar-refractivity contribution is 6.44. The summed E-state index contributed by atoms with van der Waals surface area (Å²) in [7, 11) is 1.98. The van der Waals surface area contributed by atoms with E-state index in [-0.39, 0.29) is 6.04 Å². The highest BCUT2D eigenvalue weighted by Crippen LogP contribution is 2.03. The van der Waals surface area contributed by atoms with Crippen molar-refractivity contribution in [3.8, 4) is 0 Å². The molecule has 0 aliphatic heterocycles. The lowest BCUT2D eigenvalue weighted by atomic mass is 10.2. The molecule has 0 fully saturated rings.